The highest BCUT2D eigenvalue weighted by Gasteiger charge is 2.27. The Kier molecular flexibility index (Phi) is 5.82. The second-order valence-electron chi connectivity index (χ2n) is 6.68. The van der Waals surface area contributed by atoms with Crippen molar-refractivity contribution in [2.24, 2.45) is 0 Å². The maximum absolute atomic E-state index is 12.9. The molecule has 0 bridgehead atoms. The Bertz CT molecular complexity index is 829. The molecule has 0 aliphatic heterocycles. The molecule has 0 unspecified atom stereocenters. The third kappa shape index (κ3) is 4.96. The van der Waals surface area contributed by atoms with Crippen LogP contribution < -0.4 is 4.74 Å². The van der Waals surface area contributed by atoms with E-state index >= 15 is 0 Å². The largest absolute Gasteiger partial charge is 0.507 e. The first-order chi connectivity index (χ1) is 12.2. The number of benzene rings is 2. The van der Waals surface area contributed by atoms with Gasteiger partial charge >= 0.3 is 5.97 Å². The molecule has 0 spiro atoms. The summed E-state index contributed by atoms with van der Waals surface area (Å²) >= 11 is 0. The molecule has 2 aromatic carbocycles. The van der Waals surface area contributed by atoms with Crippen LogP contribution in [0.4, 0.5) is 0 Å². The normalized spacial score (nSPS) is 11.8. The number of rotatable bonds is 5. The molecule has 0 radical (unpaired) electrons. The molecule has 2 rings (SSSR count). The zero-order valence-electron chi connectivity index (χ0n) is 15.3. The molecule has 26 heavy (non-hydrogen) atoms. The Morgan fingerprint density at radius 3 is 2.23 bits per heavy atom. The van der Waals surface area contributed by atoms with Gasteiger partial charge in [-0.25, -0.2) is 4.79 Å². The minimum Gasteiger partial charge on any atom is -0.507 e. The molecular weight excluding hydrogens is 332 g/mol. The summed E-state index contributed by atoms with van der Waals surface area (Å²) in [7, 11) is 1.46. The molecule has 2 aromatic rings. The molecule has 0 heterocycles. The molecule has 0 aromatic heterocycles. The van der Waals surface area contributed by atoms with Crippen LogP contribution in [0.15, 0.2) is 54.1 Å². The van der Waals surface area contributed by atoms with Gasteiger partial charge in [0.2, 0.25) is 5.78 Å². The zero-order valence-corrected chi connectivity index (χ0v) is 15.3. The number of carbonyl (C=O) groups excluding carboxylic acids is 2. The van der Waals surface area contributed by atoms with Gasteiger partial charge in [0.05, 0.1) is 12.7 Å². The lowest BCUT2D eigenvalue weighted by Gasteiger charge is -2.20. The predicted molar refractivity (Wildman–Crippen MR) is 99.3 cm³/mol. The van der Waals surface area contributed by atoms with E-state index in [4.69, 9.17) is 9.47 Å². The van der Waals surface area contributed by atoms with Crippen LogP contribution >= 0.6 is 0 Å². The quantitative estimate of drug-likeness (QED) is 0.289. The highest BCUT2D eigenvalue weighted by molar-refractivity contribution is 6.27. The van der Waals surface area contributed by atoms with Gasteiger partial charge < -0.3 is 14.6 Å². The standard InChI is InChI=1S/C21H22O5/c1-21(2,3)26-20(24)17(12-14-8-6-5-7-9-14)19(23)16-11-10-15(25-4)13-18(16)22/h5-13,22H,1-4H3. The summed E-state index contributed by atoms with van der Waals surface area (Å²) in [6.45, 7) is 5.17. The number of phenols is 1. The van der Waals surface area contributed by atoms with Gasteiger partial charge in [-0.15, -0.1) is 0 Å². The van der Waals surface area contributed by atoms with Crippen molar-refractivity contribution < 1.29 is 24.2 Å². The highest BCUT2D eigenvalue weighted by atomic mass is 16.6. The van der Waals surface area contributed by atoms with Gasteiger partial charge in [0.1, 0.15) is 22.7 Å². The summed E-state index contributed by atoms with van der Waals surface area (Å²) in [5.41, 5.74) is -0.241. The first-order valence-corrected chi connectivity index (χ1v) is 8.13. The van der Waals surface area contributed by atoms with E-state index < -0.39 is 17.4 Å². The average molecular weight is 354 g/mol. The molecule has 5 nitrogen and oxygen atoms in total. The maximum atomic E-state index is 12.9. The van der Waals surface area contributed by atoms with Crippen LogP contribution in [0.2, 0.25) is 0 Å². The number of methoxy groups -OCH3 is 1. The van der Waals surface area contributed by atoms with Crippen molar-refractivity contribution in [1.29, 1.82) is 0 Å². The van der Waals surface area contributed by atoms with Crippen molar-refractivity contribution >= 4 is 17.8 Å². The van der Waals surface area contributed by atoms with Crippen molar-refractivity contribution in [3.8, 4) is 11.5 Å². The first-order valence-electron chi connectivity index (χ1n) is 8.13. The van der Waals surface area contributed by atoms with Crippen molar-refractivity contribution in [2.75, 3.05) is 7.11 Å². The van der Waals surface area contributed by atoms with Crippen LogP contribution in [0, 0.1) is 0 Å². The number of ether oxygens (including phenoxy) is 2. The third-order valence-electron chi connectivity index (χ3n) is 3.42. The zero-order chi connectivity index (χ0) is 19.3. The van der Waals surface area contributed by atoms with E-state index in [1.165, 1.54) is 25.3 Å². The lowest BCUT2D eigenvalue weighted by atomic mass is 9.99. The molecule has 0 saturated heterocycles. The summed E-state index contributed by atoms with van der Waals surface area (Å²) in [4.78, 5) is 25.5. The predicted octanol–water partition coefficient (Wildman–Crippen LogP) is 4.01. The third-order valence-corrected chi connectivity index (χ3v) is 3.42. The summed E-state index contributed by atoms with van der Waals surface area (Å²) in [5.74, 6) is -1.23. The topological polar surface area (TPSA) is 72.8 Å². The van der Waals surface area contributed by atoms with Crippen LogP contribution in [-0.2, 0) is 9.53 Å². The monoisotopic (exact) mass is 354 g/mol. The lowest BCUT2D eigenvalue weighted by molar-refractivity contribution is -0.149. The molecule has 0 aliphatic rings. The van der Waals surface area contributed by atoms with E-state index in [1.807, 2.05) is 6.07 Å². The van der Waals surface area contributed by atoms with Crippen molar-refractivity contribution in [2.45, 2.75) is 26.4 Å². The molecule has 0 saturated carbocycles. The number of hydrogen-bond acceptors (Lipinski definition) is 5. The molecule has 0 amide bonds. The van der Waals surface area contributed by atoms with Gasteiger partial charge in [-0.3, -0.25) is 4.79 Å². The number of carbonyl (C=O) groups is 2. The second-order valence-corrected chi connectivity index (χ2v) is 6.68. The summed E-state index contributed by atoms with van der Waals surface area (Å²) in [6.07, 6.45) is 1.46. The summed E-state index contributed by atoms with van der Waals surface area (Å²) < 4.78 is 10.4. The molecule has 5 heteroatoms. The number of Topliss-reactive ketones (excluding diaryl/α,β-unsaturated/α-hetero) is 1. The number of aromatic hydroxyl groups is 1. The minimum absolute atomic E-state index is 0.00107. The van der Waals surface area contributed by atoms with E-state index in [0.29, 0.717) is 11.3 Å². The Hall–Kier alpha value is -3.08. The van der Waals surface area contributed by atoms with E-state index in [9.17, 15) is 14.7 Å². The smallest absolute Gasteiger partial charge is 0.342 e. The second kappa shape index (κ2) is 7.87. The molecule has 0 atom stereocenters. The number of phenolic OH excluding ortho intramolecular Hbond substituents is 1. The highest BCUT2D eigenvalue weighted by Crippen LogP contribution is 2.27. The van der Waals surface area contributed by atoms with E-state index in [-0.39, 0.29) is 16.9 Å². The van der Waals surface area contributed by atoms with E-state index in [1.54, 1.807) is 51.1 Å². The first kappa shape index (κ1) is 19.2. The van der Waals surface area contributed by atoms with Crippen LogP contribution in [0.5, 0.6) is 11.5 Å². The molecule has 0 fully saturated rings. The Morgan fingerprint density at radius 1 is 1.04 bits per heavy atom. The van der Waals surface area contributed by atoms with Gasteiger partial charge in [0.15, 0.2) is 0 Å². The SMILES string of the molecule is COc1ccc(C(=O)C(=Cc2ccccc2)C(=O)OC(C)(C)C)c(O)c1. The Balaban J connectivity index is 2.48. The maximum Gasteiger partial charge on any atom is 0.342 e. The minimum atomic E-state index is -0.755. The fraction of sp³-hybridized carbons (Fsp3) is 0.238. The van der Waals surface area contributed by atoms with Crippen molar-refractivity contribution in [3.63, 3.8) is 0 Å². The molecule has 0 aliphatic carbocycles. The van der Waals surface area contributed by atoms with Crippen molar-refractivity contribution in [1.82, 2.24) is 0 Å². The van der Waals surface area contributed by atoms with Crippen LogP contribution in [0.25, 0.3) is 6.08 Å². The average Bonchev–Trinajstić information content (AvgIpc) is 2.58. The lowest BCUT2D eigenvalue weighted by Crippen LogP contribution is -2.27. The Labute approximate surface area is 152 Å². The summed E-state index contributed by atoms with van der Waals surface area (Å²) in [6, 6.07) is 13.3. The van der Waals surface area contributed by atoms with Crippen molar-refractivity contribution in [3.05, 3.63) is 65.2 Å². The van der Waals surface area contributed by atoms with Crippen LogP contribution in [0.3, 0.4) is 0 Å². The van der Waals surface area contributed by atoms with Gasteiger partial charge in [0, 0.05) is 6.07 Å². The molecular formula is C21H22O5. The Morgan fingerprint density at radius 2 is 1.69 bits per heavy atom. The van der Waals surface area contributed by atoms with Gasteiger partial charge in [-0.2, -0.15) is 0 Å². The molecule has 136 valence electrons. The van der Waals surface area contributed by atoms with Gasteiger partial charge in [-0.1, -0.05) is 30.3 Å². The number of ketones is 1. The summed E-state index contributed by atoms with van der Waals surface area (Å²) in [5, 5.41) is 10.1. The number of hydrogen-bond donors (Lipinski definition) is 1. The molecule has 1 N–H and O–H groups in total. The number of esters is 1. The fourth-order valence-corrected chi connectivity index (χ4v) is 2.24. The van der Waals surface area contributed by atoms with Gasteiger partial charge in [-0.05, 0) is 44.5 Å². The van der Waals surface area contributed by atoms with E-state index in [0.717, 1.165) is 0 Å². The fourth-order valence-electron chi connectivity index (χ4n) is 2.24. The van der Waals surface area contributed by atoms with Crippen LogP contribution in [0.1, 0.15) is 36.7 Å². The van der Waals surface area contributed by atoms with E-state index in [2.05, 4.69) is 0 Å². The van der Waals surface area contributed by atoms with Gasteiger partial charge in [0.25, 0.3) is 0 Å². The van der Waals surface area contributed by atoms with Crippen LogP contribution in [-0.4, -0.2) is 29.6 Å².